The van der Waals surface area contributed by atoms with Gasteiger partial charge in [-0.1, -0.05) is 12.1 Å². The first-order valence-corrected chi connectivity index (χ1v) is 4.83. The molecule has 1 aromatic carbocycles. The van der Waals surface area contributed by atoms with Crippen LogP contribution in [0.1, 0.15) is 5.56 Å². The van der Waals surface area contributed by atoms with Crippen molar-refractivity contribution in [2.45, 2.75) is 6.42 Å². The molecule has 3 N–H and O–H groups in total. The van der Waals surface area contributed by atoms with Crippen LogP contribution in [-0.4, -0.2) is 23.9 Å². The third-order valence-electron chi connectivity index (χ3n) is 1.95. The van der Waals surface area contributed by atoms with Gasteiger partial charge < -0.3 is 11.1 Å². The van der Waals surface area contributed by atoms with Gasteiger partial charge in [-0.05, 0) is 5.56 Å². The summed E-state index contributed by atoms with van der Waals surface area (Å²) in [5.41, 5.74) is 5.83. The van der Waals surface area contributed by atoms with Crippen LogP contribution in [0.3, 0.4) is 0 Å². The molecule has 0 bridgehead atoms. The number of halogens is 1. The molecule has 0 aliphatic rings. The van der Waals surface area contributed by atoms with E-state index in [1.807, 2.05) is 0 Å². The first kappa shape index (κ1) is 15.3. The molecule has 0 heterocycles. The second kappa shape index (κ2) is 7.59. The highest BCUT2D eigenvalue weighted by Crippen LogP contribution is 2.13. The highest BCUT2D eigenvalue weighted by Gasteiger charge is 2.08. The third-order valence-corrected chi connectivity index (χ3v) is 1.95. The Morgan fingerprint density at radius 1 is 1.47 bits per heavy atom. The first-order chi connectivity index (χ1) is 7.63. The van der Waals surface area contributed by atoms with E-state index in [9.17, 15) is 14.9 Å². The third kappa shape index (κ3) is 5.28. The van der Waals surface area contributed by atoms with Crippen LogP contribution in [0.2, 0.25) is 0 Å². The van der Waals surface area contributed by atoms with Crippen molar-refractivity contribution in [2.75, 3.05) is 13.1 Å². The minimum absolute atomic E-state index is 0. The minimum atomic E-state index is -0.485. The van der Waals surface area contributed by atoms with Crippen LogP contribution in [0.15, 0.2) is 24.3 Å². The van der Waals surface area contributed by atoms with E-state index in [0.29, 0.717) is 18.7 Å². The van der Waals surface area contributed by atoms with Gasteiger partial charge in [0.15, 0.2) is 0 Å². The summed E-state index contributed by atoms with van der Waals surface area (Å²) < 4.78 is 0. The second-order valence-electron chi connectivity index (χ2n) is 3.24. The molecular formula is C10H14ClN3O3. The number of carbonyl (C=O) groups excluding carboxylic acids is 1. The van der Waals surface area contributed by atoms with Crippen LogP contribution in [0.5, 0.6) is 0 Å². The number of non-ortho nitro benzene ring substituents is 1. The van der Waals surface area contributed by atoms with Gasteiger partial charge in [0.2, 0.25) is 5.91 Å². The molecule has 7 heteroatoms. The average Bonchev–Trinajstić information content (AvgIpc) is 2.26. The Morgan fingerprint density at radius 3 is 2.76 bits per heavy atom. The maximum Gasteiger partial charge on any atom is 0.269 e. The topological polar surface area (TPSA) is 98.3 Å². The van der Waals surface area contributed by atoms with E-state index in [0.717, 1.165) is 0 Å². The number of nitrogens with zero attached hydrogens (tertiary/aromatic N) is 1. The number of carbonyl (C=O) groups is 1. The van der Waals surface area contributed by atoms with Gasteiger partial charge in [0.1, 0.15) is 0 Å². The number of nitrogens with one attached hydrogen (secondary N) is 1. The molecule has 0 atom stereocenters. The Morgan fingerprint density at radius 2 is 2.18 bits per heavy atom. The summed E-state index contributed by atoms with van der Waals surface area (Å²) in [4.78, 5) is 21.3. The van der Waals surface area contributed by atoms with Crippen molar-refractivity contribution in [3.05, 3.63) is 39.9 Å². The predicted octanol–water partition coefficient (Wildman–Crippen LogP) is 0.634. The van der Waals surface area contributed by atoms with Crippen molar-refractivity contribution in [1.82, 2.24) is 5.32 Å². The smallest absolute Gasteiger partial charge is 0.269 e. The lowest BCUT2D eigenvalue weighted by Gasteiger charge is -2.03. The van der Waals surface area contributed by atoms with Gasteiger partial charge in [-0.25, -0.2) is 0 Å². The molecule has 0 saturated heterocycles. The highest BCUT2D eigenvalue weighted by molar-refractivity contribution is 5.85. The predicted molar refractivity (Wildman–Crippen MR) is 66.1 cm³/mol. The van der Waals surface area contributed by atoms with Crippen LogP contribution in [-0.2, 0) is 11.2 Å². The van der Waals surface area contributed by atoms with E-state index in [2.05, 4.69) is 5.32 Å². The van der Waals surface area contributed by atoms with Crippen LogP contribution in [0, 0.1) is 10.1 Å². The number of nitro groups is 1. The second-order valence-corrected chi connectivity index (χ2v) is 3.24. The number of benzene rings is 1. The number of amides is 1. The van der Waals surface area contributed by atoms with Crippen molar-refractivity contribution in [3.8, 4) is 0 Å². The van der Waals surface area contributed by atoms with Crippen LogP contribution in [0.4, 0.5) is 5.69 Å². The summed E-state index contributed by atoms with van der Waals surface area (Å²) in [6.45, 7) is 0.786. The normalized spacial score (nSPS) is 9.24. The van der Waals surface area contributed by atoms with E-state index >= 15 is 0 Å². The SMILES string of the molecule is Cl.NCCNC(=O)Cc1cccc([N+](=O)[O-])c1. The molecule has 1 amide bonds. The Balaban J connectivity index is 0.00000256. The summed E-state index contributed by atoms with van der Waals surface area (Å²) in [6, 6.07) is 6.02. The van der Waals surface area contributed by atoms with Crippen molar-refractivity contribution >= 4 is 24.0 Å². The Hall–Kier alpha value is -1.66. The number of rotatable bonds is 5. The first-order valence-electron chi connectivity index (χ1n) is 4.83. The highest BCUT2D eigenvalue weighted by atomic mass is 35.5. The molecule has 1 aromatic rings. The fraction of sp³-hybridized carbons (Fsp3) is 0.300. The summed E-state index contributed by atoms with van der Waals surface area (Å²) in [5, 5.41) is 13.1. The molecule has 0 fully saturated rings. The summed E-state index contributed by atoms with van der Waals surface area (Å²) in [5.74, 6) is -0.189. The lowest BCUT2D eigenvalue weighted by atomic mass is 10.1. The quantitative estimate of drug-likeness (QED) is 0.599. The average molecular weight is 260 g/mol. The van der Waals surface area contributed by atoms with E-state index in [4.69, 9.17) is 5.73 Å². The summed E-state index contributed by atoms with van der Waals surface area (Å²) in [6.07, 6.45) is 0.127. The Labute approximate surface area is 105 Å². The minimum Gasteiger partial charge on any atom is -0.355 e. The van der Waals surface area contributed by atoms with E-state index in [1.54, 1.807) is 12.1 Å². The zero-order valence-corrected chi connectivity index (χ0v) is 9.90. The van der Waals surface area contributed by atoms with Gasteiger partial charge in [-0.15, -0.1) is 12.4 Å². The van der Waals surface area contributed by atoms with Crippen LogP contribution >= 0.6 is 12.4 Å². The number of hydrogen-bond acceptors (Lipinski definition) is 4. The Bertz CT molecular complexity index is 398. The van der Waals surface area contributed by atoms with Gasteiger partial charge in [0, 0.05) is 25.2 Å². The molecule has 6 nitrogen and oxygen atoms in total. The molecule has 94 valence electrons. The maximum absolute atomic E-state index is 11.3. The molecule has 0 unspecified atom stereocenters. The van der Waals surface area contributed by atoms with E-state index in [1.165, 1.54) is 12.1 Å². The molecule has 0 aromatic heterocycles. The summed E-state index contributed by atoms with van der Waals surface area (Å²) >= 11 is 0. The fourth-order valence-electron chi connectivity index (χ4n) is 1.24. The molecule has 1 rings (SSSR count). The number of hydrogen-bond donors (Lipinski definition) is 2. The zero-order chi connectivity index (χ0) is 12.0. The van der Waals surface area contributed by atoms with Crippen LogP contribution < -0.4 is 11.1 Å². The van der Waals surface area contributed by atoms with Crippen molar-refractivity contribution in [2.24, 2.45) is 5.73 Å². The van der Waals surface area contributed by atoms with Crippen molar-refractivity contribution in [3.63, 3.8) is 0 Å². The monoisotopic (exact) mass is 259 g/mol. The Kier molecular flexibility index (Phi) is 6.85. The van der Waals surface area contributed by atoms with E-state index < -0.39 is 4.92 Å². The fourth-order valence-corrected chi connectivity index (χ4v) is 1.24. The molecule has 0 aliphatic heterocycles. The molecule has 0 spiro atoms. The zero-order valence-electron chi connectivity index (χ0n) is 9.09. The van der Waals surface area contributed by atoms with Crippen molar-refractivity contribution < 1.29 is 9.72 Å². The largest absolute Gasteiger partial charge is 0.355 e. The molecule has 0 aliphatic carbocycles. The van der Waals surface area contributed by atoms with Gasteiger partial charge in [-0.2, -0.15) is 0 Å². The van der Waals surface area contributed by atoms with Gasteiger partial charge in [0.05, 0.1) is 11.3 Å². The van der Waals surface area contributed by atoms with E-state index in [-0.39, 0.29) is 30.4 Å². The maximum atomic E-state index is 11.3. The molecule has 0 radical (unpaired) electrons. The lowest BCUT2D eigenvalue weighted by molar-refractivity contribution is -0.384. The summed E-state index contributed by atoms with van der Waals surface area (Å²) in [7, 11) is 0. The molecule has 17 heavy (non-hydrogen) atoms. The van der Waals surface area contributed by atoms with Crippen LogP contribution in [0.25, 0.3) is 0 Å². The van der Waals surface area contributed by atoms with Gasteiger partial charge in [0.25, 0.3) is 5.69 Å². The van der Waals surface area contributed by atoms with Gasteiger partial charge in [-0.3, -0.25) is 14.9 Å². The van der Waals surface area contributed by atoms with Crippen molar-refractivity contribution in [1.29, 1.82) is 0 Å². The standard InChI is InChI=1S/C10H13N3O3.ClH/c11-4-5-12-10(14)7-8-2-1-3-9(6-8)13(15)16;/h1-3,6H,4-5,7,11H2,(H,12,14);1H. The number of nitro benzene ring substituents is 1. The molecule has 0 saturated carbocycles. The van der Waals surface area contributed by atoms with Gasteiger partial charge >= 0.3 is 0 Å². The molecular weight excluding hydrogens is 246 g/mol. The lowest BCUT2D eigenvalue weighted by Crippen LogP contribution is -2.30. The number of nitrogens with two attached hydrogens (primary N) is 1.